The Hall–Kier alpha value is -2.67. The lowest BCUT2D eigenvalue weighted by molar-refractivity contribution is 0.0945. The Bertz CT molecular complexity index is 829. The van der Waals surface area contributed by atoms with Crippen LogP contribution in [-0.2, 0) is 6.54 Å². The molecule has 0 unspecified atom stereocenters. The number of piperazine rings is 1. The van der Waals surface area contributed by atoms with Crippen molar-refractivity contribution in [3.63, 3.8) is 0 Å². The van der Waals surface area contributed by atoms with Crippen LogP contribution in [-0.4, -0.2) is 59.9 Å². The highest BCUT2D eigenvalue weighted by atomic mass is 16.2. The number of hydrogen-bond acceptors (Lipinski definition) is 5. The molecule has 0 saturated carbocycles. The van der Waals surface area contributed by atoms with Gasteiger partial charge in [-0.05, 0) is 44.0 Å². The number of anilines is 1. The minimum Gasteiger partial charge on any atom is -0.369 e. The zero-order valence-corrected chi connectivity index (χ0v) is 17.2. The maximum Gasteiger partial charge on any atom is 0.271 e. The van der Waals surface area contributed by atoms with E-state index in [4.69, 9.17) is 0 Å². The third-order valence-electron chi connectivity index (χ3n) is 5.21. The average Bonchev–Trinajstić information content (AvgIpc) is 2.76. The summed E-state index contributed by atoms with van der Waals surface area (Å²) >= 11 is 0. The first kappa shape index (κ1) is 21.0. The number of aromatic nitrogens is 2. The van der Waals surface area contributed by atoms with E-state index in [2.05, 4.69) is 50.5 Å². The number of unbranched alkanes of at least 4 members (excludes halogenated alkanes) is 1. The first-order valence-corrected chi connectivity index (χ1v) is 10.6. The summed E-state index contributed by atoms with van der Waals surface area (Å²) < 4.78 is 1.35. The second kappa shape index (κ2) is 10.8. The van der Waals surface area contributed by atoms with Crippen LogP contribution >= 0.6 is 0 Å². The fourth-order valence-electron chi connectivity index (χ4n) is 3.56. The van der Waals surface area contributed by atoms with Crippen LogP contribution in [0.15, 0.2) is 47.3 Å². The number of nitrogens with one attached hydrogen (secondary N) is 1. The van der Waals surface area contributed by atoms with Crippen molar-refractivity contribution < 1.29 is 4.79 Å². The number of aryl methyl sites for hydroxylation is 1. The molecule has 1 aliphatic rings. The van der Waals surface area contributed by atoms with Crippen LogP contribution < -0.4 is 15.8 Å². The second-order valence-corrected chi connectivity index (χ2v) is 7.41. The van der Waals surface area contributed by atoms with Crippen LogP contribution in [0.25, 0.3) is 0 Å². The second-order valence-electron chi connectivity index (χ2n) is 7.41. The van der Waals surface area contributed by atoms with E-state index in [1.807, 2.05) is 6.92 Å². The topological polar surface area (TPSA) is 70.5 Å². The monoisotopic (exact) mass is 397 g/mol. The van der Waals surface area contributed by atoms with Crippen molar-refractivity contribution in [2.75, 3.05) is 44.2 Å². The van der Waals surface area contributed by atoms with Gasteiger partial charge in [0.05, 0.1) is 0 Å². The first-order valence-electron chi connectivity index (χ1n) is 10.6. The smallest absolute Gasteiger partial charge is 0.271 e. The molecule has 0 bridgehead atoms. The van der Waals surface area contributed by atoms with E-state index in [-0.39, 0.29) is 11.5 Å². The number of para-hydroxylation sites is 1. The normalized spacial score (nSPS) is 14.7. The minimum atomic E-state index is -0.216. The molecule has 29 heavy (non-hydrogen) atoms. The van der Waals surface area contributed by atoms with E-state index in [1.54, 1.807) is 0 Å². The summed E-state index contributed by atoms with van der Waals surface area (Å²) in [7, 11) is 0. The maximum absolute atomic E-state index is 12.2. The van der Waals surface area contributed by atoms with E-state index in [0.717, 1.165) is 52.0 Å². The molecule has 1 saturated heterocycles. The Labute approximate surface area is 172 Å². The largest absolute Gasteiger partial charge is 0.369 e. The zero-order chi connectivity index (χ0) is 20.5. The molecular formula is C22H31N5O2. The first-order chi connectivity index (χ1) is 14.2. The van der Waals surface area contributed by atoms with Gasteiger partial charge in [0, 0.05) is 51.0 Å². The van der Waals surface area contributed by atoms with E-state index >= 15 is 0 Å². The number of benzene rings is 1. The van der Waals surface area contributed by atoms with Crippen LogP contribution in [0.3, 0.4) is 0 Å². The highest BCUT2D eigenvalue weighted by molar-refractivity contribution is 5.91. The van der Waals surface area contributed by atoms with Gasteiger partial charge in [-0.2, -0.15) is 5.10 Å². The number of amides is 1. The lowest BCUT2D eigenvalue weighted by atomic mass is 10.2. The Morgan fingerprint density at radius 3 is 2.48 bits per heavy atom. The van der Waals surface area contributed by atoms with Gasteiger partial charge in [-0.1, -0.05) is 25.1 Å². The molecule has 0 aliphatic carbocycles. The van der Waals surface area contributed by atoms with Crippen LogP contribution in [0.4, 0.5) is 5.69 Å². The van der Waals surface area contributed by atoms with Gasteiger partial charge in [0.2, 0.25) is 0 Å². The van der Waals surface area contributed by atoms with Crippen molar-refractivity contribution in [1.82, 2.24) is 20.0 Å². The standard InChI is InChI=1S/C22H31N5O2/c1-2-13-27-21(28)11-10-20(24-27)22(29)23-12-6-7-14-25-15-17-26(18-16-25)19-8-4-3-5-9-19/h3-5,8-11H,2,6-7,12-18H2,1H3,(H,23,29). The lowest BCUT2D eigenvalue weighted by Crippen LogP contribution is -2.46. The zero-order valence-electron chi connectivity index (χ0n) is 17.2. The van der Waals surface area contributed by atoms with Crippen molar-refractivity contribution >= 4 is 11.6 Å². The highest BCUT2D eigenvalue weighted by Crippen LogP contribution is 2.15. The van der Waals surface area contributed by atoms with E-state index in [1.165, 1.54) is 22.5 Å². The van der Waals surface area contributed by atoms with Crippen LogP contribution in [0.5, 0.6) is 0 Å². The number of carbonyl (C=O) groups is 1. The lowest BCUT2D eigenvalue weighted by Gasteiger charge is -2.36. The summed E-state index contributed by atoms with van der Waals surface area (Å²) in [5.41, 5.74) is 1.43. The van der Waals surface area contributed by atoms with E-state index in [0.29, 0.717) is 18.8 Å². The summed E-state index contributed by atoms with van der Waals surface area (Å²) in [4.78, 5) is 28.9. The summed E-state index contributed by atoms with van der Waals surface area (Å²) in [5.74, 6) is -0.216. The molecule has 1 aliphatic heterocycles. The van der Waals surface area contributed by atoms with Gasteiger partial charge in [0.15, 0.2) is 0 Å². The van der Waals surface area contributed by atoms with Crippen molar-refractivity contribution in [2.45, 2.75) is 32.7 Å². The van der Waals surface area contributed by atoms with Gasteiger partial charge in [-0.25, -0.2) is 4.68 Å². The summed E-state index contributed by atoms with van der Waals surface area (Å²) in [6.07, 6.45) is 2.78. The maximum atomic E-state index is 12.2. The van der Waals surface area contributed by atoms with E-state index in [9.17, 15) is 9.59 Å². The molecule has 1 aromatic heterocycles. The Balaban J connectivity index is 1.33. The molecule has 0 radical (unpaired) electrons. The SMILES string of the molecule is CCCn1nc(C(=O)NCCCCN2CCN(c3ccccc3)CC2)ccc1=O. The van der Waals surface area contributed by atoms with Crippen molar-refractivity contribution in [3.05, 3.63) is 58.5 Å². The summed E-state index contributed by atoms with van der Waals surface area (Å²) in [5, 5.41) is 7.06. The van der Waals surface area contributed by atoms with Crippen LogP contribution in [0.2, 0.25) is 0 Å². The molecule has 7 nitrogen and oxygen atoms in total. The predicted octanol–water partition coefficient (Wildman–Crippen LogP) is 1.99. The minimum absolute atomic E-state index is 0.171. The van der Waals surface area contributed by atoms with Crippen LogP contribution in [0, 0.1) is 0 Å². The molecule has 2 heterocycles. The van der Waals surface area contributed by atoms with Gasteiger partial charge in [-0.15, -0.1) is 0 Å². The molecule has 3 rings (SSSR count). The fraction of sp³-hybridized carbons (Fsp3) is 0.500. The number of carbonyl (C=O) groups excluding carboxylic acids is 1. The molecule has 7 heteroatoms. The average molecular weight is 398 g/mol. The molecule has 2 aromatic rings. The molecule has 1 fully saturated rings. The predicted molar refractivity (Wildman–Crippen MR) is 115 cm³/mol. The molecule has 0 spiro atoms. The van der Waals surface area contributed by atoms with Crippen LogP contribution in [0.1, 0.15) is 36.7 Å². The summed E-state index contributed by atoms with van der Waals surface area (Å²) in [6.45, 7) is 8.43. The third-order valence-corrected chi connectivity index (χ3v) is 5.21. The van der Waals surface area contributed by atoms with Crippen molar-refractivity contribution in [1.29, 1.82) is 0 Å². The quantitative estimate of drug-likeness (QED) is 0.655. The molecule has 1 N–H and O–H groups in total. The van der Waals surface area contributed by atoms with Gasteiger partial charge >= 0.3 is 0 Å². The third kappa shape index (κ3) is 6.15. The fourth-order valence-corrected chi connectivity index (χ4v) is 3.56. The van der Waals surface area contributed by atoms with Crippen molar-refractivity contribution in [3.8, 4) is 0 Å². The number of hydrogen-bond donors (Lipinski definition) is 1. The van der Waals surface area contributed by atoms with E-state index < -0.39 is 0 Å². The summed E-state index contributed by atoms with van der Waals surface area (Å²) in [6, 6.07) is 13.5. The van der Waals surface area contributed by atoms with Gasteiger partial charge in [0.25, 0.3) is 11.5 Å². The number of nitrogens with zero attached hydrogens (tertiary/aromatic N) is 4. The number of rotatable bonds is 9. The Kier molecular flexibility index (Phi) is 7.81. The Morgan fingerprint density at radius 2 is 1.76 bits per heavy atom. The van der Waals surface area contributed by atoms with Gasteiger partial charge in [-0.3, -0.25) is 14.5 Å². The highest BCUT2D eigenvalue weighted by Gasteiger charge is 2.16. The van der Waals surface area contributed by atoms with Crippen molar-refractivity contribution in [2.24, 2.45) is 0 Å². The Morgan fingerprint density at radius 1 is 1.00 bits per heavy atom. The molecular weight excluding hydrogens is 366 g/mol. The molecule has 0 atom stereocenters. The molecule has 1 amide bonds. The van der Waals surface area contributed by atoms with Gasteiger partial charge < -0.3 is 10.2 Å². The molecule has 1 aromatic carbocycles. The van der Waals surface area contributed by atoms with Gasteiger partial charge in [0.1, 0.15) is 5.69 Å². The molecule has 156 valence electrons.